The van der Waals surface area contributed by atoms with E-state index in [-0.39, 0.29) is 11.4 Å². The minimum absolute atomic E-state index is 0.155. The molecule has 0 heterocycles. The van der Waals surface area contributed by atoms with Gasteiger partial charge in [0, 0.05) is 0 Å². The van der Waals surface area contributed by atoms with Gasteiger partial charge in [-0.15, -0.1) is 6.58 Å². The predicted molar refractivity (Wildman–Crippen MR) is 104 cm³/mol. The van der Waals surface area contributed by atoms with Gasteiger partial charge in [-0.25, -0.2) is 8.42 Å². The summed E-state index contributed by atoms with van der Waals surface area (Å²) in [5, 5.41) is 0. The number of rotatable bonds is 10. The monoisotopic (exact) mass is 373 g/mol. The smallest absolute Gasteiger partial charge is 0.264 e. The van der Waals surface area contributed by atoms with Gasteiger partial charge in [-0.05, 0) is 55.5 Å². The van der Waals surface area contributed by atoms with E-state index in [0.29, 0.717) is 30.4 Å². The summed E-state index contributed by atoms with van der Waals surface area (Å²) in [5.41, 5.74) is 0.532. The van der Waals surface area contributed by atoms with Crippen LogP contribution in [-0.2, 0) is 10.0 Å². The first-order chi connectivity index (χ1) is 12.5. The van der Waals surface area contributed by atoms with Gasteiger partial charge < -0.3 is 9.47 Å². The van der Waals surface area contributed by atoms with Gasteiger partial charge in [0.15, 0.2) is 0 Å². The van der Waals surface area contributed by atoms with Crippen LogP contribution in [0.4, 0.5) is 5.69 Å². The van der Waals surface area contributed by atoms with E-state index >= 15 is 0 Å². The molecule has 0 saturated carbocycles. The number of hydrogen-bond acceptors (Lipinski definition) is 4. The van der Waals surface area contributed by atoms with Crippen LogP contribution in [0.15, 0.2) is 78.7 Å². The molecule has 0 radical (unpaired) electrons. The Bertz CT molecular complexity index is 827. The van der Waals surface area contributed by atoms with Crippen LogP contribution in [0.25, 0.3) is 0 Å². The second-order valence-electron chi connectivity index (χ2n) is 5.32. The Morgan fingerprint density at radius 2 is 1.50 bits per heavy atom. The molecule has 2 aromatic carbocycles. The molecule has 0 unspecified atom stereocenters. The average molecular weight is 373 g/mol. The summed E-state index contributed by atoms with van der Waals surface area (Å²) >= 11 is 0. The Balaban J connectivity index is 2.31. The van der Waals surface area contributed by atoms with E-state index < -0.39 is 10.0 Å². The lowest BCUT2D eigenvalue weighted by molar-refractivity contribution is 0.340. The summed E-state index contributed by atoms with van der Waals surface area (Å²) in [6, 6.07) is 13.2. The Morgan fingerprint density at radius 3 is 2.04 bits per heavy atom. The topological polar surface area (TPSA) is 55.8 Å². The van der Waals surface area contributed by atoms with Gasteiger partial charge in [-0.3, -0.25) is 4.31 Å². The number of ether oxygens (including phenoxy) is 2. The molecule has 0 fully saturated rings. The highest BCUT2D eigenvalue weighted by atomic mass is 32.2. The Kier molecular flexibility index (Phi) is 6.86. The van der Waals surface area contributed by atoms with Gasteiger partial charge >= 0.3 is 0 Å². The molecule has 0 atom stereocenters. The van der Waals surface area contributed by atoms with Crippen molar-refractivity contribution in [2.75, 3.05) is 24.1 Å². The second kappa shape index (κ2) is 9.10. The molecule has 26 heavy (non-hydrogen) atoms. The highest BCUT2D eigenvalue weighted by Gasteiger charge is 2.24. The van der Waals surface area contributed by atoms with Crippen molar-refractivity contribution in [1.82, 2.24) is 0 Å². The lowest BCUT2D eigenvalue weighted by Gasteiger charge is -2.23. The third-order valence-corrected chi connectivity index (χ3v) is 5.32. The van der Waals surface area contributed by atoms with Gasteiger partial charge in [0.2, 0.25) is 0 Å². The molecule has 0 aliphatic heterocycles. The van der Waals surface area contributed by atoms with E-state index in [1.54, 1.807) is 48.6 Å². The lowest BCUT2D eigenvalue weighted by Crippen LogP contribution is -2.31. The molecule has 2 aromatic rings. The van der Waals surface area contributed by atoms with E-state index in [9.17, 15) is 8.42 Å². The Hall–Kier alpha value is -2.73. The molecular weight excluding hydrogens is 350 g/mol. The summed E-state index contributed by atoms with van der Waals surface area (Å²) in [4.78, 5) is 0.190. The van der Waals surface area contributed by atoms with Crippen LogP contribution in [0.2, 0.25) is 0 Å². The van der Waals surface area contributed by atoms with Crippen LogP contribution in [0.1, 0.15) is 6.92 Å². The highest BCUT2D eigenvalue weighted by molar-refractivity contribution is 7.92. The van der Waals surface area contributed by atoms with Crippen molar-refractivity contribution in [3.63, 3.8) is 0 Å². The van der Waals surface area contributed by atoms with Gasteiger partial charge in [-0.1, -0.05) is 18.7 Å². The summed E-state index contributed by atoms with van der Waals surface area (Å²) in [7, 11) is -3.73. The van der Waals surface area contributed by atoms with Crippen molar-refractivity contribution in [3.8, 4) is 11.5 Å². The summed E-state index contributed by atoms with van der Waals surface area (Å²) in [6.45, 7) is 10.2. The van der Waals surface area contributed by atoms with Crippen molar-refractivity contribution in [3.05, 3.63) is 73.8 Å². The standard InChI is InChI=1S/C20H23NO4S/c1-4-15-21(17-7-9-19(10-8-17)25-16-5-2)26(22,23)20-13-11-18(12-14-20)24-6-3/h4-5,7-14H,1-2,6,15-16H2,3H3. The predicted octanol–water partition coefficient (Wildman–Crippen LogP) is 4.03. The SMILES string of the molecule is C=CCOc1ccc(N(CC=C)S(=O)(=O)c2ccc(OCC)cc2)cc1. The molecule has 138 valence electrons. The van der Waals surface area contributed by atoms with Crippen LogP contribution in [0.5, 0.6) is 11.5 Å². The van der Waals surface area contributed by atoms with Gasteiger partial charge in [0.05, 0.1) is 23.7 Å². The van der Waals surface area contributed by atoms with Crippen LogP contribution in [0.3, 0.4) is 0 Å². The second-order valence-corrected chi connectivity index (χ2v) is 7.19. The zero-order chi connectivity index (χ0) is 19.0. The Labute approximate surface area is 155 Å². The summed E-state index contributed by atoms with van der Waals surface area (Å²) < 4.78 is 38.2. The van der Waals surface area contributed by atoms with Gasteiger partial charge in [0.1, 0.15) is 18.1 Å². The summed E-state index contributed by atoms with van der Waals surface area (Å²) in [6.07, 6.45) is 3.20. The van der Waals surface area contributed by atoms with E-state index in [1.807, 2.05) is 6.92 Å². The highest BCUT2D eigenvalue weighted by Crippen LogP contribution is 2.27. The van der Waals surface area contributed by atoms with Gasteiger partial charge in [-0.2, -0.15) is 0 Å². The summed E-state index contributed by atoms with van der Waals surface area (Å²) in [5.74, 6) is 1.27. The van der Waals surface area contributed by atoms with Crippen LogP contribution in [0, 0.1) is 0 Å². The van der Waals surface area contributed by atoms with E-state index in [1.165, 1.54) is 16.4 Å². The molecule has 0 N–H and O–H groups in total. The molecule has 0 saturated heterocycles. The fourth-order valence-electron chi connectivity index (χ4n) is 2.33. The maximum atomic E-state index is 13.0. The van der Waals surface area contributed by atoms with Crippen LogP contribution < -0.4 is 13.8 Å². The number of benzene rings is 2. The molecule has 0 bridgehead atoms. The van der Waals surface area contributed by atoms with Crippen molar-refractivity contribution in [1.29, 1.82) is 0 Å². The molecule has 2 rings (SSSR count). The maximum absolute atomic E-state index is 13.0. The van der Waals surface area contributed by atoms with Crippen molar-refractivity contribution >= 4 is 15.7 Å². The Morgan fingerprint density at radius 1 is 0.923 bits per heavy atom. The lowest BCUT2D eigenvalue weighted by atomic mass is 10.3. The molecular formula is C20H23NO4S. The quantitative estimate of drug-likeness (QED) is 0.590. The molecule has 0 amide bonds. The molecule has 0 spiro atoms. The molecule has 0 aromatic heterocycles. The van der Waals surface area contributed by atoms with E-state index in [2.05, 4.69) is 13.2 Å². The van der Waals surface area contributed by atoms with E-state index in [4.69, 9.17) is 9.47 Å². The number of nitrogens with zero attached hydrogens (tertiary/aromatic N) is 1. The zero-order valence-electron chi connectivity index (χ0n) is 14.8. The first-order valence-electron chi connectivity index (χ1n) is 8.23. The third-order valence-electron chi connectivity index (χ3n) is 3.51. The fraction of sp³-hybridized carbons (Fsp3) is 0.200. The molecule has 5 nitrogen and oxygen atoms in total. The minimum atomic E-state index is -3.73. The van der Waals surface area contributed by atoms with Crippen molar-refractivity contribution in [2.45, 2.75) is 11.8 Å². The largest absolute Gasteiger partial charge is 0.494 e. The zero-order valence-corrected chi connectivity index (χ0v) is 15.6. The van der Waals surface area contributed by atoms with E-state index in [0.717, 1.165) is 0 Å². The number of anilines is 1. The first kappa shape index (κ1) is 19.6. The number of hydrogen-bond donors (Lipinski definition) is 0. The van der Waals surface area contributed by atoms with Crippen LogP contribution >= 0.6 is 0 Å². The molecule has 0 aliphatic rings. The van der Waals surface area contributed by atoms with Crippen molar-refractivity contribution < 1.29 is 17.9 Å². The fourth-order valence-corrected chi connectivity index (χ4v) is 3.76. The van der Waals surface area contributed by atoms with Gasteiger partial charge in [0.25, 0.3) is 10.0 Å². The molecule has 6 heteroatoms. The maximum Gasteiger partial charge on any atom is 0.264 e. The first-order valence-corrected chi connectivity index (χ1v) is 9.67. The third kappa shape index (κ3) is 4.67. The average Bonchev–Trinajstić information content (AvgIpc) is 2.65. The molecule has 0 aliphatic carbocycles. The normalized spacial score (nSPS) is 10.8. The van der Waals surface area contributed by atoms with Crippen molar-refractivity contribution in [2.24, 2.45) is 0 Å². The number of sulfonamides is 1. The minimum Gasteiger partial charge on any atom is -0.494 e. The van der Waals surface area contributed by atoms with Crippen LogP contribution in [-0.4, -0.2) is 28.2 Å².